The Morgan fingerprint density at radius 1 is 1.17 bits per heavy atom. The highest BCUT2D eigenvalue weighted by atomic mass is 79.9. The Bertz CT molecular complexity index is 832. The fourth-order valence-corrected chi connectivity index (χ4v) is 4.20. The Balaban J connectivity index is 1.83. The van der Waals surface area contributed by atoms with Crippen molar-refractivity contribution in [3.8, 4) is 11.5 Å². The monoisotopic (exact) mass is 461 g/mol. The van der Waals surface area contributed by atoms with Gasteiger partial charge in [0, 0.05) is 16.5 Å². The summed E-state index contributed by atoms with van der Waals surface area (Å²) in [5, 5.41) is 3.35. The van der Waals surface area contributed by atoms with Crippen LogP contribution < -0.4 is 14.8 Å². The quantitative estimate of drug-likeness (QED) is 0.589. The number of carbonyl (C=O) groups is 1. The van der Waals surface area contributed by atoms with E-state index < -0.39 is 11.6 Å². The van der Waals surface area contributed by atoms with Crippen molar-refractivity contribution in [1.29, 1.82) is 0 Å². The summed E-state index contributed by atoms with van der Waals surface area (Å²) in [6.45, 7) is 6.22. The number of methoxy groups -OCH3 is 1. The summed E-state index contributed by atoms with van der Waals surface area (Å²) in [6, 6.07) is 13.3. The zero-order valence-corrected chi connectivity index (χ0v) is 18.8. The number of rotatable bonds is 7. The molecule has 3 rings (SSSR count). The molecule has 0 atom stereocenters. The number of hydrogen-bond acceptors (Lipinski definition) is 5. The van der Waals surface area contributed by atoms with Crippen LogP contribution in [0, 0.1) is 5.92 Å². The van der Waals surface area contributed by atoms with E-state index in [0.717, 1.165) is 31.5 Å². The molecule has 0 radical (unpaired) electrons. The van der Waals surface area contributed by atoms with Crippen molar-refractivity contribution in [3.63, 3.8) is 0 Å². The molecule has 0 unspecified atom stereocenters. The van der Waals surface area contributed by atoms with Crippen molar-refractivity contribution in [3.05, 3.63) is 58.1 Å². The van der Waals surface area contributed by atoms with E-state index in [2.05, 4.69) is 21.2 Å². The lowest BCUT2D eigenvalue weighted by atomic mass is 9.83. The first kappa shape index (κ1) is 21.7. The van der Waals surface area contributed by atoms with E-state index in [1.165, 1.54) is 0 Å². The maximum Gasteiger partial charge on any atom is 0.343 e. The third kappa shape index (κ3) is 5.52. The van der Waals surface area contributed by atoms with Gasteiger partial charge in [-0.1, -0.05) is 30.3 Å². The SMILES string of the molecule is COc1cc(Br)c(C(=O)OC(C)(C)C2CCNCC2)c(OCc2ccccc2)c1. The standard InChI is InChI=1S/C23H28BrNO4/c1-23(2,17-9-11-25-12-10-17)29-22(26)21-19(24)13-18(27-3)14-20(21)28-15-16-7-5-4-6-8-16/h4-8,13-14,17,25H,9-12,15H2,1-3H3. The Labute approximate surface area is 180 Å². The van der Waals surface area contributed by atoms with Crippen LogP contribution in [0.15, 0.2) is 46.9 Å². The zero-order chi connectivity index (χ0) is 20.9. The van der Waals surface area contributed by atoms with Gasteiger partial charge in [0.25, 0.3) is 0 Å². The summed E-state index contributed by atoms with van der Waals surface area (Å²) < 4.78 is 17.9. The number of carbonyl (C=O) groups excluding carboxylic acids is 1. The van der Waals surface area contributed by atoms with Crippen molar-refractivity contribution >= 4 is 21.9 Å². The molecule has 1 aliphatic heterocycles. The van der Waals surface area contributed by atoms with Gasteiger partial charge in [-0.15, -0.1) is 0 Å². The lowest BCUT2D eigenvalue weighted by molar-refractivity contribution is -0.0371. The molecule has 2 aromatic rings. The second-order valence-electron chi connectivity index (χ2n) is 7.77. The molecule has 0 spiro atoms. The number of halogens is 1. The van der Waals surface area contributed by atoms with Gasteiger partial charge in [-0.25, -0.2) is 4.79 Å². The van der Waals surface area contributed by atoms with Gasteiger partial charge in [-0.3, -0.25) is 0 Å². The average Bonchev–Trinajstić information content (AvgIpc) is 2.72. The number of hydrogen-bond donors (Lipinski definition) is 1. The average molecular weight is 462 g/mol. The Morgan fingerprint density at radius 3 is 2.52 bits per heavy atom. The summed E-state index contributed by atoms with van der Waals surface area (Å²) in [7, 11) is 1.58. The van der Waals surface area contributed by atoms with Gasteiger partial charge < -0.3 is 19.5 Å². The second-order valence-corrected chi connectivity index (χ2v) is 8.63. The first-order valence-electron chi connectivity index (χ1n) is 9.89. The Morgan fingerprint density at radius 2 is 1.86 bits per heavy atom. The molecule has 0 amide bonds. The van der Waals surface area contributed by atoms with E-state index in [1.807, 2.05) is 44.2 Å². The first-order valence-corrected chi connectivity index (χ1v) is 10.7. The van der Waals surface area contributed by atoms with Crippen LogP contribution in [0.5, 0.6) is 11.5 Å². The van der Waals surface area contributed by atoms with Crippen molar-refractivity contribution in [1.82, 2.24) is 5.32 Å². The van der Waals surface area contributed by atoms with Crippen molar-refractivity contribution in [2.45, 2.75) is 38.9 Å². The van der Waals surface area contributed by atoms with Crippen LogP contribution in [0.1, 0.15) is 42.6 Å². The van der Waals surface area contributed by atoms with Gasteiger partial charge in [-0.2, -0.15) is 0 Å². The lowest BCUT2D eigenvalue weighted by Gasteiger charge is -2.36. The van der Waals surface area contributed by atoms with Gasteiger partial charge in [0.15, 0.2) is 0 Å². The minimum Gasteiger partial charge on any atom is -0.497 e. The number of benzene rings is 2. The summed E-state index contributed by atoms with van der Waals surface area (Å²) in [6.07, 6.45) is 1.98. The van der Waals surface area contributed by atoms with Crippen LogP contribution in [-0.4, -0.2) is 31.8 Å². The fraction of sp³-hybridized carbons (Fsp3) is 0.435. The summed E-state index contributed by atoms with van der Waals surface area (Å²) in [4.78, 5) is 13.2. The molecule has 29 heavy (non-hydrogen) atoms. The van der Waals surface area contributed by atoms with Gasteiger partial charge >= 0.3 is 5.97 Å². The third-order valence-corrected chi connectivity index (χ3v) is 6.01. The van der Waals surface area contributed by atoms with Crippen LogP contribution in [0.4, 0.5) is 0 Å². The molecule has 0 aliphatic carbocycles. The molecule has 1 aliphatic rings. The van der Waals surface area contributed by atoms with E-state index in [1.54, 1.807) is 19.2 Å². The van der Waals surface area contributed by atoms with Crippen LogP contribution in [0.3, 0.4) is 0 Å². The van der Waals surface area contributed by atoms with Crippen LogP contribution in [0.25, 0.3) is 0 Å². The van der Waals surface area contributed by atoms with Crippen molar-refractivity contribution in [2.75, 3.05) is 20.2 Å². The van der Waals surface area contributed by atoms with Crippen LogP contribution in [0.2, 0.25) is 0 Å². The number of esters is 1. The van der Waals surface area contributed by atoms with Gasteiger partial charge in [0.05, 0.1) is 7.11 Å². The second kappa shape index (κ2) is 9.63. The zero-order valence-electron chi connectivity index (χ0n) is 17.2. The smallest absolute Gasteiger partial charge is 0.343 e. The largest absolute Gasteiger partial charge is 0.497 e. The van der Waals surface area contributed by atoms with E-state index in [4.69, 9.17) is 14.2 Å². The molecule has 1 fully saturated rings. The molecule has 0 aromatic heterocycles. The highest BCUT2D eigenvalue weighted by Gasteiger charge is 2.35. The maximum absolute atomic E-state index is 13.2. The predicted molar refractivity (Wildman–Crippen MR) is 117 cm³/mol. The van der Waals surface area contributed by atoms with E-state index >= 15 is 0 Å². The molecule has 1 saturated heterocycles. The summed E-state index contributed by atoms with van der Waals surface area (Å²) in [5.41, 5.74) is 0.833. The molecule has 6 heteroatoms. The van der Waals surface area contributed by atoms with E-state index in [-0.39, 0.29) is 0 Å². The molecule has 1 heterocycles. The number of nitrogens with one attached hydrogen (secondary N) is 1. The van der Waals surface area contributed by atoms with Gasteiger partial charge in [0.2, 0.25) is 0 Å². The van der Waals surface area contributed by atoms with E-state index in [9.17, 15) is 4.79 Å². The van der Waals surface area contributed by atoms with Crippen LogP contribution >= 0.6 is 15.9 Å². The Kier molecular flexibility index (Phi) is 7.19. The Hall–Kier alpha value is -2.05. The summed E-state index contributed by atoms with van der Waals surface area (Å²) in [5.74, 6) is 0.963. The highest BCUT2D eigenvalue weighted by Crippen LogP contribution is 2.36. The molecular formula is C23H28BrNO4. The fourth-order valence-electron chi connectivity index (χ4n) is 3.61. The molecule has 156 valence electrons. The van der Waals surface area contributed by atoms with Crippen LogP contribution in [-0.2, 0) is 11.3 Å². The lowest BCUT2D eigenvalue weighted by Crippen LogP contribution is -2.42. The minimum absolute atomic E-state index is 0.318. The molecule has 5 nitrogen and oxygen atoms in total. The van der Waals surface area contributed by atoms with E-state index in [0.29, 0.717) is 34.1 Å². The molecule has 0 saturated carbocycles. The topological polar surface area (TPSA) is 56.8 Å². The van der Waals surface area contributed by atoms with Crippen molar-refractivity contribution < 1.29 is 19.0 Å². The first-order chi connectivity index (χ1) is 13.9. The molecule has 0 bridgehead atoms. The molecule has 2 aromatic carbocycles. The molecule has 1 N–H and O–H groups in total. The van der Waals surface area contributed by atoms with Gasteiger partial charge in [-0.05, 0) is 67.3 Å². The maximum atomic E-state index is 13.2. The molecular weight excluding hydrogens is 434 g/mol. The van der Waals surface area contributed by atoms with Crippen molar-refractivity contribution in [2.24, 2.45) is 5.92 Å². The highest BCUT2D eigenvalue weighted by molar-refractivity contribution is 9.10. The number of piperidine rings is 1. The van der Waals surface area contributed by atoms with Gasteiger partial charge in [0.1, 0.15) is 29.3 Å². The predicted octanol–water partition coefficient (Wildman–Crippen LogP) is 4.97. The number of ether oxygens (including phenoxy) is 3. The summed E-state index contributed by atoms with van der Waals surface area (Å²) >= 11 is 3.50. The third-order valence-electron chi connectivity index (χ3n) is 5.38. The minimum atomic E-state index is -0.560. The normalized spacial score (nSPS) is 15.0.